The summed E-state index contributed by atoms with van der Waals surface area (Å²) < 4.78 is 20.0. The number of hydrogen-bond acceptors (Lipinski definition) is 4. The summed E-state index contributed by atoms with van der Waals surface area (Å²) in [7, 11) is -2.20. The molecule has 47 heavy (non-hydrogen) atoms. The number of carbonyl (C=O) groups is 1. The van der Waals surface area contributed by atoms with Crippen molar-refractivity contribution in [3.05, 3.63) is 71.8 Å². The molecule has 2 aromatic carbocycles. The van der Waals surface area contributed by atoms with Gasteiger partial charge in [-0.3, -0.25) is 4.79 Å². The van der Waals surface area contributed by atoms with Crippen LogP contribution in [0.2, 0.25) is 18.1 Å². The molecule has 3 atom stereocenters. The molecule has 0 spiro atoms. The Morgan fingerprint density at radius 2 is 1.13 bits per heavy atom. The summed E-state index contributed by atoms with van der Waals surface area (Å²) >= 11 is 0. The molecule has 0 N–H and O–H groups in total. The van der Waals surface area contributed by atoms with Gasteiger partial charge in [0.25, 0.3) is 0 Å². The third kappa shape index (κ3) is 17.3. The second kappa shape index (κ2) is 23.4. The molecule has 0 aliphatic rings. The quantitative estimate of drug-likeness (QED) is 0.0569. The van der Waals surface area contributed by atoms with E-state index in [-0.39, 0.29) is 29.1 Å². The minimum Gasteiger partial charge on any atom is -0.461 e. The number of benzene rings is 2. The summed E-state index contributed by atoms with van der Waals surface area (Å²) in [6.07, 6.45) is 18.5. The fourth-order valence-corrected chi connectivity index (χ4v) is 7.30. The van der Waals surface area contributed by atoms with Crippen molar-refractivity contribution in [3.63, 3.8) is 0 Å². The lowest BCUT2D eigenvalue weighted by atomic mass is 9.90. The van der Waals surface area contributed by atoms with Crippen LogP contribution in [-0.4, -0.2) is 26.5 Å². The Morgan fingerprint density at radius 3 is 1.66 bits per heavy atom. The smallest absolute Gasteiger partial charge is 0.311 e. The molecule has 0 radical (unpaired) electrons. The van der Waals surface area contributed by atoms with Crippen LogP contribution in [0.25, 0.3) is 0 Å². The SMILES string of the molecule is CCCCCCCCCCC[C@H](C[C@H](O[Si](C)(C)C(C)(C)C)[C@H](CCCCCC)C(=O)OCc1ccccc1)OCc1ccccc1. The van der Waals surface area contributed by atoms with Crippen LogP contribution in [0.1, 0.15) is 148 Å². The van der Waals surface area contributed by atoms with Crippen molar-refractivity contribution < 1.29 is 18.7 Å². The van der Waals surface area contributed by atoms with Gasteiger partial charge in [-0.1, -0.05) is 179 Å². The van der Waals surface area contributed by atoms with Crippen LogP contribution in [0.15, 0.2) is 60.7 Å². The molecule has 266 valence electrons. The highest BCUT2D eigenvalue weighted by Gasteiger charge is 2.43. The molecule has 0 aliphatic heterocycles. The molecule has 0 heterocycles. The summed E-state index contributed by atoms with van der Waals surface area (Å²) in [5, 5.41) is 0.0312. The normalized spacial score (nSPS) is 14.1. The van der Waals surface area contributed by atoms with Crippen molar-refractivity contribution in [2.45, 2.75) is 181 Å². The van der Waals surface area contributed by atoms with E-state index in [4.69, 9.17) is 13.9 Å². The third-order valence-electron chi connectivity index (χ3n) is 10.0. The molecule has 2 aromatic rings. The summed E-state index contributed by atoms with van der Waals surface area (Å²) in [6.45, 7) is 16.9. The van der Waals surface area contributed by atoms with Gasteiger partial charge >= 0.3 is 5.97 Å². The zero-order chi connectivity index (χ0) is 34.4. The zero-order valence-electron chi connectivity index (χ0n) is 31.4. The van der Waals surface area contributed by atoms with Gasteiger partial charge in [-0.25, -0.2) is 0 Å². The largest absolute Gasteiger partial charge is 0.461 e. The van der Waals surface area contributed by atoms with E-state index in [2.05, 4.69) is 78.0 Å². The summed E-state index contributed by atoms with van der Waals surface area (Å²) in [6, 6.07) is 20.5. The Kier molecular flexibility index (Phi) is 20.5. The lowest BCUT2D eigenvalue weighted by molar-refractivity contribution is -0.155. The van der Waals surface area contributed by atoms with Crippen LogP contribution in [-0.2, 0) is 31.9 Å². The molecule has 0 saturated heterocycles. The van der Waals surface area contributed by atoms with Crippen molar-refractivity contribution in [2.75, 3.05) is 0 Å². The minimum atomic E-state index is -2.20. The van der Waals surface area contributed by atoms with Crippen LogP contribution in [0.5, 0.6) is 0 Å². The molecule has 0 fully saturated rings. The Bertz CT molecular complexity index is 1050. The average Bonchev–Trinajstić information content (AvgIpc) is 3.05. The van der Waals surface area contributed by atoms with Crippen LogP contribution in [0, 0.1) is 5.92 Å². The van der Waals surface area contributed by atoms with Gasteiger partial charge < -0.3 is 13.9 Å². The Hall–Kier alpha value is -1.95. The monoisotopic (exact) mass is 667 g/mol. The molecule has 2 rings (SSSR count). The van der Waals surface area contributed by atoms with E-state index in [9.17, 15) is 4.79 Å². The van der Waals surface area contributed by atoms with Crippen LogP contribution in [0.3, 0.4) is 0 Å². The van der Waals surface area contributed by atoms with Gasteiger partial charge in [0, 0.05) is 0 Å². The first-order valence-corrected chi connectivity index (χ1v) is 22.0. The highest BCUT2D eigenvalue weighted by atomic mass is 28.4. The van der Waals surface area contributed by atoms with Crippen molar-refractivity contribution in [3.8, 4) is 0 Å². The van der Waals surface area contributed by atoms with Crippen molar-refractivity contribution in [1.82, 2.24) is 0 Å². The van der Waals surface area contributed by atoms with Gasteiger partial charge in [-0.2, -0.15) is 0 Å². The Morgan fingerprint density at radius 1 is 0.660 bits per heavy atom. The maximum Gasteiger partial charge on any atom is 0.311 e. The Labute approximate surface area is 290 Å². The van der Waals surface area contributed by atoms with E-state index < -0.39 is 8.32 Å². The number of unbranched alkanes of at least 4 members (excludes halogenated alkanes) is 11. The van der Waals surface area contributed by atoms with E-state index in [0.717, 1.165) is 44.1 Å². The van der Waals surface area contributed by atoms with Crippen molar-refractivity contribution in [2.24, 2.45) is 5.92 Å². The maximum absolute atomic E-state index is 14.0. The molecule has 0 amide bonds. The highest BCUT2D eigenvalue weighted by Crippen LogP contribution is 2.40. The topological polar surface area (TPSA) is 44.8 Å². The van der Waals surface area contributed by atoms with E-state index in [1.54, 1.807) is 0 Å². The molecule has 5 heteroatoms. The van der Waals surface area contributed by atoms with Gasteiger partial charge in [0.2, 0.25) is 0 Å². The van der Waals surface area contributed by atoms with E-state index >= 15 is 0 Å². The second-order valence-corrected chi connectivity index (χ2v) is 20.0. The van der Waals surface area contributed by atoms with Gasteiger partial charge in [-0.15, -0.1) is 0 Å². The first-order chi connectivity index (χ1) is 22.6. The van der Waals surface area contributed by atoms with Crippen LogP contribution < -0.4 is 0 Å². The number of carbonyl (C=O) groups excluding carboxylic acids is 1. The molecule has 4 nitrogen and oxygen atoms in total. The van der Waals surface area contributed by atoms with Crippen molar-refractivity contribution in [1.29, 1.82) is 0 Å². The summed E-state index contributed by atoms with van der Waals surface area (Å²) in [5.41, 5.74) is 2.20. The van der Waals surface area contributed by atoms with Crippen LogP contribution >= 0.6 is 0 Å². The molecule has 0 saturated carbocycles. The Balaban J connectivity index is 2.25. The van der Waals surface area contributed by atoms with Gasteiger partial charge in [0.15, 0.2) is 8.32 Å². The highest BCUT2D eigenvalue weighted by molar-refractivity contribution is 6.74. The predicted octanol–water partition coefficient (Wildman–Crippen LogP) is 12.6. The standard InChI is InChI=1S/C42H70O4Si/c1-8-10-12-14-15-16-17-18-25-31-38(44-34-36-27-21-19-22-28-36)33-40(46-47(6,7)42(3,4)5)39(32-26-13-11-9-2)41(43)45-35-37-29-23-20-24-30-37/h19-24,27-30,38-40H,8-18,25-26,31-35H2,1-7H3/t38-,39+,40+/m1/s1. The average molecular weight is 667 g/mol. The summed E-state index contributed by atoms with van der Waals surface area (Å²) in [4.78, 5) is 14.0. The fourth-order valence-electron chi connectivity index (χ4n) is 5.93. The molecule has 0 bridgehead atoms. The number of hydrogen-bond donors (Lipinski definition) is 0. The molecule has 0 aliphatic carbocycles. The minimum absolute atomic E-state index is 0.0228. The van der Waals surface area contributed by atoms with Crippen molar-refractivity contribution >= 4 is 14.3 Å². The molecular formula is C42H70O4Si. The van der Waals surface area contributed by atoms with E-state index in [1.807, 2.05) is 30.3 Å². The number of ether oxygens (including phenoxy) is 2. The lowest BCUT2D eigenvalue weighted by Gasteiger charge is -2.42. The van der Waals surface area contributed by atoms with Gasteiger partial charge in [0.1, 0.15) is 6.61 Å². The molecule has 0 aromatic heterocycles. The van der Waals surface area contributed by atoms with Crippen LogP contribution in [0.4, 0.5) is 0 Å². The van der Waals surface area contributed by atoms with Gasteiger partial charge in [0.05, 0.1) is 24.7 Å². The predicted molar refractivity (Wildman–Crippen MR) is 202 cm³/mol. The number of rotatable bonds is 26. The first-order valence-electron chi connectivity index (χ1n) is 19.1. The first kappa shape index (κ1) is 41.2. The molecular weight excluding hydrogens is 597 g/mol. The van der Waals surface area contributed by atoms with Gasteiger partial charge in [-0.05, 0) is 48.5 Å². The fraction of sp³-hybridized carbons (Fsp3) is 0.690. The third-order valence-corrected chi connectivity index (χ3v) is 14.6. The summed E-state index contributed by atoms with van der Waals surface area (Å²) in [5.74, 6) is -0.436. The number of esters is 1. The maximum atomic E-state index is 14.0. The van der Waals surface area contributed by atoms with E-state index in [0.29, 0.717) is 13.2 Å². The van der Waals surface area contributed by atoms with E-state index in [1.165, 1.54) is 69.8 Å². The molecule has 0 unspecified atom stereocenters. The lowest BCUT2D eigenvalue weighted by Crippen LogP contribution is -2.48. The second-order valence-electron chi connectivity index (χ2n) is 15.2. The zero-order valence-corrected chi connectivity index (χ0v) is 32.4.